The molecule has 0 aliphatic carbocycles. The van der Waals surface area contributed by atoms with Crippen molar-refractivity contribution in [3.8, 4) is 11.8 Å². The number of rotatable bonds is 3. The van der Waals surface area contributed by atoms with Crippen molar-refractivity contribution in [2.24, 2.45) is 0 Å². The molecular formula is C11H14N2O. The molecule has 0 fully saturated rings. The molecule has 0 spiro atoms. The van der Waals surface area contributed by atoms with E-state index in [2.05, 4.69) is 6.07 Å². The van der Waals surface area contributed by atoms with Crippen LogP contribution in [0.2, 0.25) is 0 Å². The van der Waals surface area contributed by atoms with Gasteiger partial charge in [0.15, 0.2) is 0 Å². The van der Waals surface area contributed by atoms with Crippen molar-refractivity contribution in [1.82, 2.24) is 4.90 Å². The van der Waals surface area contributed by atoms with Gasteiger partial charge in [0.1, 0.15) is 18.0 Å². The number of nitriles is 1. The number of benzene rings is 1. The number of para-hydroxylation sites is 1. The van der Waals surface area contributed by atoms with E-state index < -0.39 is 0 Å². The summed E-state index contributed by atoms with van der Waals surface area (Å²) in [7, 11) is 3.86. The van der Waals surface area contributed by atoms with Gasteiger partial charge >= 0.3 is 0 Å². The Labute approximate surface area is 84.5 Å². The molecule has 0 aliphatic heterocycles. The molecule has 0 saturated carbocycles. The lowest BCUT2D eigenvalue weighted by Gasteiger charge is -2.21. The summed E-state index contributed by atoms with van der Waals surface area (Å²) < 4.78 is 5.60. The maximum absolute atomic E-state index is 8.83. The molecule has 1 atom stereocenters. The van der Waals surface area contributed by atoms with Gasteiger partial charge in [0.25, 0.3) is 0 Å². The molecule has 74 valence electrons. The Morgan fingerprint density at radius 3 is 2.57 bits per heavy atom. The van der Waals surface area contributed by atoms with Gasteiger partial charge in [0, 0.05) is 0 Å². The predicted molar refractivity (Wildman–Crippen MR) is 54.9 cm³/mol. The van der Waals surface area contributed by atoms with Gasteiger partial charge in [0.05, 0.1) is 5.56 Å². The lowest BCUT2D eigenvalue weighted by atomic mass is 10.2. The lowest BCUT2D eigenvalue weighted by molar-refractivity contribution is 0.0812. The van der Waals surface area contributed by atoms with Crippen molar-refractivity contribution < 1.29 is 4.74 Å². The molecule has 1 aromatic rings. The SMILES string of the molecule is CC(Oc1ccccc1C#N)N(C)C. The first-order valence-corrected chi connectivity index (χ1v) is 4.47. The topological polar surface area (TPSA) is 36.3 Å². The summed E-state index contributed by atoms with van der Waals surface area (Å²) in [4.78, 5) is 1.94. The van der Waals surface area contributed by atoms with E-state index in [1.165, 1.54) is 0 Å². The Bertz CT molecular complexity index is 341. The second-order valence-electron chi connectivity index (χ2n) is 3.29. The van der Waals surface area contributed by atoms with Crippen molar-refractivity contribution in [3.05, 3.63) is 29.8 Å². The van der Waals surface area contributed by atoms with E-state index in [0.717, 1.165) is 0 Å². The summed E-state index contributed by atoms with van der Waals surface area (Å²) in [6, 6.07) is 9.33. The van der Waals surface area contributed by atoms with Crippen molar-refractivity contribution in [2.45, 2.75) is 13.2 Å². The van der Waals surface area contributed by atoms with Crippen LogP contribution >= 0.6 is 0 Å². The fourth-order valence-corrected chi connectivity index (χ4v) is 0.951. The number of hydrogen-bond donors (Lipinski definition) is 0. The van der Waals surface area contributed by atoms with Gasteiger partial charge in [0.2, 0.25) is 0 Å². The number of ether oxygens (including phenoxy) is 1. The molecule has 1 rings (SSSR count). The quantitative estimate of drug-likeness (QED) is 0.682. The number of hydrogen-bond acceptors (Lipinski definition) is 3. The van der Waals surface area contributed by atoms with Crippen LogP contribution in [0.4, 0.5) is 0 Å². The molecular weight excluding hydrogens is 176 g/mol. The molecule has 0 amide bonds. The molecule has 1 aromatic carbocycles. The zero-order chi connectivity index (χ0) is 10.6. The van der Waals surface area contributed by atoms with E-state index in [-0.39, 0.29) is 6.23 Å². The third-order valence-electron chi connectivity index (χ3n) is 2.03. The monoisotopic (exact) mass is 190 g/mol. The van der Waals surface area contributed by atoms with Gasteiger partial charge in [-0.25, -0.2) is 0 Å². The van der Waals surface area contributed by atoms with E-state index in [4.69, 9.17) is 10.00 Å². The standard InChI is InChI=1S/C11H14N2O/c1-9(13(2)3)14-11-7-5-4-6-10(11)8-12/h4-7,9H,1-3H3. The van der Waals surface area contributed by atoms with Crippen LogP contribution in [0.1, 0.15) is 12.5 Å². The van der Waals surface area contributed by atoms with Crippen LogP contribution in [0.3, 0.4) is 0 Å². The smallest absolute Gasteiger partial charge is 0.149 e. The maximum atomic E-state index is 8.83. The van der Waals surface area contributed by atoms with Crippen LogP contribution < -0.4 is 4.74 Å². The van der Waals surface area contributed by atoms with Crippen molar-refractivity contribution in [1.29, 1.82) is 5.26 Å². The normalized spacial score (nSPS) is 12.2. The van der Waals surface area contributed by atoms with Crippen molar-refractivity contribution in [2.75, 3.05) is 14.1 Å². The van der Waals surface area contributed by atoms with Gasteiger partial charge < -0.3 is 4.74 Å². The maximum Gasteiger partial charge on any atom is 0.149 e. The lowest BCUT2D eigenvalue weighted by Crippen LogP contribution is -2.30. The van der Waals surface area contributed by atoms with Crippen LogP contribution in [0.25, 0.3) is 0 Å². The van der Waals surface area contributed by atoms with Gasteiger partial charge in [-0.2, -0.15) is 5.26 Å². The van der Waals surface area contributed by atoms with Crippen molar-refractivity contribution >= 4 is 0 Å². The van der Waals surface area contributed by atoms with Gasteiger partial charge in [-0.1, -0.05) is 12.1 Å². The van der Waals surface area contributed by atoms with Crippen molar-refractivity contribution in [3.63, 3.8) is 0 Å². The van der Waals surface area contributed by atoms with Gasteiger partial charge in [-0.3, -0.25) is 4.90 Å². The molecule has 1 unspecified atom stereocenters. The summed E-state index contributed by atoms with van der Waals surface area (Å²) in [6.07, 6.45) is -0.0375. The molecule has 0 saturated heterocycles. The van der Waals surface area contributed by atoms with E-state index in [0.29, 0.717) is 11.3 Å². The van der Waals surface area contributed by atoms with Crippen LogP contribution in [-0.2, 0) is 0 Å². The Morgan fingerprint density at radius 1 is 1.36 bits per heavy atom. The van der Waals surface area contributed by atoms with E-state index >= 15 is 0 Å². The fraction of sp³-hybridized carbons (Fsp3) is 0.364. The molecule has 3 heteroatoms. The van der Waals surface area contributed by atoms with Crippen LogP contribution in [0.15, 0.2) is 24.3 Å². The highest BCUT2D eigenvalue weighted by atomic mass is 16.5. The summed E-state index contributed by atoms with van der Waals surface area (Å²) in [5.74, 6) is 0.635. The molecule has 0 aliphatic rings. The van der Waals surface area contributed by atoms with E-state index in [1.54, 1.807) is 12.1 Å². The van der Waals surface area contributed by atoms with E-state index in [1.807, 2.05) is 38.1 Å². The van der Waals surface area contributed by atoms with Gasteiger partial charge in [-0.15, -0.1) is 0 Å². The summed E-state index contributed by atoms with van der Waals surface area (Å²) in [6.45, 7) is 1.94. The van der Waals surface area contributed by atoms with Crippen LogP contribution in [0.5, 0.6) is 5.75 Å². The predicted octanol–water partition coefficient (Wildman–Crippen LogP) is 1.84. The highest BCUT2D eigenvalue weighted by Gasteiger charge is 2.08. The minimum atomic E-state index is -0.0375. The molecule has 0 bridgehead atoms. The average Bonchev–Trinajstić information content (AvgIpc) is 2.18. The third-order valence-corrected chi connectivity index (χ3v) is 2.03. The first-order valence-electron chi connectivity index (χ1n) is 4.47. The van der Waals surface area contributed by atoms with Crippen LogP contribution in [0, 0.1) is 11.3 Å². The minimum Gasteiger partial charge on any atom is -0.474 e. The summed E-state index contributed by atoms with van der Waals surface area (Å²) >= 11 is 0. The van der Waals surface area contributed by atoms with Gasteiger partial charge in [-0.05, 0) is 33.2 Å². The fourth-order valence-electron chi connectivity index (χ4n) is 0.951. The third kappa shape index (κ3) is 2.48. The first-order chi connectivity index (χ1) is 6.65. The zero-order valence-corrected chi connectivity index (χ0v) is 8.69. The molecule has 0 N–H and O–H groups in total. The molecule has 0 aromatic heterocycles. The minimum absolute atomic E-state index is 0.0375. The first kappa shape index (κ1) is 10.6. The Morgan fingerprint density at radius 2 is 2.00 bits per heavy atom. The molecule has 14 heavy (non-hydrogen) atoms. The largest absolute Gasteiger partial charge is 0.474 e. The van der Waals surface area contributed by atoms with E-state index in [9.17, 15) is 0 Å². The Hall–Kier alpha value is -1.53. The molecule has 0 heterocycles. The Kier molecular flexibility index (Phi) is 3.49. The van der Waals surface area contributed by atoms with Crippen LogP contribution in [-0.4, -0.2) is 25.2 Å². The highest BCUT2D eigenvalue weighted by Crippen LogP contribution is 2.18. The average molecular weight is 190 g/mol. The second kappa shape index (κ2) is 4.64. The summed E-state index contributed by atoms with van der Waals surface area (Å²) in [5.41, 5.74) is 0.571. The Balaban J connectivity index is 2.82. The zero-order valence-electron chi connectivity index (χ0n) is 8.69. The molecule has 0 radical (unpaired) electrons. The number of nitrogens with zero attached hydrogens (tertiary/aromatic N) is 2. The second-order valence-corrected chi connectivity index (χ2v) is 3.29. The summed E-state index contributed by atoms with van der Waals surface area (Å²) in [5, 5.41) is 8.83. The molecule has 3 nitrogen and oxygen atoms in total. The highest BCUT2D eigenvalue weighted by molar-refractivity contribution is 5.42.